The van der Waals surface area contributed by atoms with Gasteiger partial charge in [-0.2, -0.15) is 0 Å². The summed E-state index contributed by atoms with van der Waals surface area (Å²) in [6, 6.07) is 20.8. The summed E-state index contributed by atoms with van der Waals surface area (Å²) < 4.78 is 8.31. The molecule has 174 valence electrons. The number of hydrogen-bond donors (Lipinski definition) is 1. The lowest BCUT2D eigenvalue weighted by atomic mass is 10.1. The molecule has 0 aliphatic heterocycles. The standard InChI is InChI=1S/C26H20N4O5/c27-22(31)13-30-23(28-19-10-4-1-7-16(19)26(30)34)15-35-24(32)14-29-20-11-5-2-8-17(20)25(33)18-9-3-6-12-21(18)29/h1-12H,13-15H2,(H2,27,31). The Labute approximate surface area is 198 Å². The number of amides is 1. The van der Waals surface area contributed by atoms with Crippen LogP contribution >= 0.6 is 0 Å². The van der Waals surface area contributed by atoms with Crippen LogP contribution in [0.5, 0.6) is 0 Å². The minimum absolute atomic E-state index is 0.107. The molecule has 3 aromatic carbocycles. The van der Waals surface area contributed by atoms with Crippen molar-refractivity contribution in [3.8, 4) is 0 Å². The largest absolute Gasteiger partial charge is 0.456 e. The number of rotatable bonds is 6. The molecule has 0 bridgehead atoms. The molecular formula is C26H20N4O5. The Morgan fingerprint density at radius 1 is 0.771 bits per heavy atom. The minimum Gasteiger partial charge on any atom is -0.456 e. The average molecular weight is 468 g/mol. The van der Waals surface area contributed by atoms with Gasteiger partial charge in [0, 0.05) is 10.8 Å². The summed E-state index contributed by atoms with van der Waals surface area (Å²) in [5, 5.41) is 1.31. The van der Waals surface area contributed by atoms with Gasteiger partial charge in [-0.05, 0) is 36.4 Å². The van der Waals surface area contributed by atoms with Crippen molar-refractivity contribution in [2.75, 3.05) is 0 Å². The first-order valence-corrected chi connectivity index (χ1v) is 10.9. The first kappa shape index (κ1) is 22.0. The predicted molar refractivity (Wildman–Crippen MR) is 131 cm³/mol. The third-order valence-electron chi connectivity index (χ3n) is 5.78. The van der Waals surface area contributed by atoms with Crippen LogP contribution in [0.15, 0.2) is 82.4 Å². The highest BCUT2D eigenvalue weighted by atomic mass is 16.5. The van der Waals surface area contributed by atoms with E-state index in [0.717, 1.165) is 4.57 Å². The number of primary amides is 1. The van der Waals surface area contributed by atoms with Crippen LogP contribution < -0.4 is 16.7 Å². The zero-order valence-corrected chi connectivity index (χ0v) is 18.5. The third kappa shape index (κ3) is 4.04. The van der Waals surface area contributed by atoms with E-state index in [9.17, 15) is 19.2 Å². The molecule has 0 spiro atoms. The molecule has 0 saturated heterocycles. The van der Waals surface area contributed by atoms with Crippen LogP contribution in [-0.2, 0) is 34.0 Å². The number of hydrogen-bond acceptors (Lipinski definition) is 6. The number of fused-ring (bicyclic) bond motifs is 3. The van der Waals surface area contributed by atoms with Crippen molar-refractivity contribution in [1.82, 2.24) is 14.1 Å². The van der Waals surface area contributed by atoms with Crippen molar-refractivity contribution in [3.05, 3.63) is 99.2 Å². The zero-order chi connectivity index (χ0) is 24.5. The highest BCUT2D eigenvalue weighted by Gasteiger charge is 2.17. The van der Waals surface area contributed by atoms with Gasteiger partial charge in [-0.3, -0.25) is 23.7 Å². The number of nitrogens with two attached hydrogens (primary N) is 1. The summed E-state index contributed by atoms with van der Waals surface area (Å²) >= 11 is 0. The van der Waals surface area contributed by atoms with Crippen LogP contribution in [-0.4, -0.2) is 26.0 Å². The number of ether oxygens (including phenoxy) is 1. The Morgan fingerprint density at radius 2 is 1.34 bits per heavy atom. The number of esters is 1. The van der Waals surface area contributed by atoms with E-state index in [2.05, 4.69) is 4.98 Å². The normalized spacial score (nSPS) is 11.2. The van der Waals surface area contributed by atoms with Crippen molar-refractivity contribution in [2.45, 2.75) is 19.7 Å². The monoisotopic (exact) mass is 468 g/mol. The third-order valence-corrected chi connectivity index (χ3v) is 5.78. The lowest BCUT2D eigenvalue weighted by Gasteiger charge is -2.15. The van der Waals surface area contributed by atoms with Crippen molar-refractivity contribution in [2.24, 2.45) is 5.73 Å². The number of carbonyl (C=O) groups is 2. The number of nitrogens with zero attached hydrogens (tertiary/aromatic N) is 3. The van der Waals surface area contributed by atoms with E-state index in [4.69, 9.17) is 10.5 Å². The molecule has 5 rings (SSSR count). The van der Waals surface area contributed by atoms with Crippen molar-refractivity contribution in [3.63, 3.8) is 0 Å². The van der Waals surface area contributed by atoms with Gasteiger partial charge in [0.15, 0.2) is 11.3 Å². The van der Waals surface area contributed by atoms with Crippen molar-refractivity contribution >= 4 is 44.6 Å². The Bertz CT molecular complexity index is 1690. The fourth-order valence-electron chi connectivity index (χ4n) is 4.21. The summed E-state index contributed by atoms with van der Waals surface area (Å²) in [7, 11) is 0. The number of carbonyl (C=O) groups excluding carboxylic acids is 2. The van der Waals surface area contributed by atoms with Gasteiger partial charge in [0.25, 0.3) is 5.56 Å². The Hall–Kier alpha value is -4.79. The molecule has 9 nitrogen and oxygen atoms in total. The molecule has 2 heterocycles. The van der Waals surface area contributed by atoms with Crippen LogP contribution in [0, 0.1) is 0 Å². The zero-order valence-electron chi connectivity index (χ0n) is 18.5. The molecule has 0 radical (unpaired) electrons. The Morgan fingerprint density at radius 3 is 1.97 bits per heavy atom. The number of pyridine rings is 1. The molecule has 2 aromatic heterocycles. The molecule has 5 aromatic rings. The maximum atomic E-state index is 12.9. The van der Waals surface area contributed by atoms with Gasteiger partial charge in [-0.1, -0.05) is 36.4 Å². The minimum atomic E-state index is -0.719. The Balaban J connectivity index is 1.50. The lowest BCUT2D eigenvalue weighted by molar-refractivity contribution is -0.145. The van der Waals surface area contributed by atoms with E-state index in [1.54, 1.807) is 77.4 Å². The van der Waals surface area contributed by atoms with Crippen LogP contribution in [0.1, 0.15) is 5.82 Å². The van der Waals surface area contributed by atoms with Gasteiger partial charge >= 0.3 is 5.97 Å². The van der Waals surface area contributed by atoms with Gasteiger partial charge in [-0.25, -0.2) is 4.98 Å². The highest BCUT2D eigenvalue weighted by Crippen LogP contribution is 2.19. The lowest BCUT2D eigenvalue weighted by Crippen LogP contribution is -2.32. The van der Waals surface area contributed by atoms with E-state index in [-0.39, 0.29) is 24.4 Å². The average Bonchev–Trinajstić information content (AvgIpc) is 2.87. The van der Waals surface area contributed by atoms with E-state index >= 15 is 0 Å². The molecular weight excluding hydrogens is 448 g/mol. The topological polar surface area (TPSA) is 126 Å². The van der Waals surface area contributed by atoms with Crippen molar-refractivity contribution < 1.29 is 14.3 Å². The molecule has 35 heavy (non-hydrogen) atoms. The van der Waals surface area contributed by atoms with E-state index < -0.39 is 24.0 Å². The van der Waals surface area contributed by atoms with Crippen LogP contribution in [0.25, 0.3) is 32.7 Å². The van der Waals surface area contributed by atoms with Crippen molar-refractivity contribution in [1.29, 1.82) is 0 Å². The summed E-state index contributed by atoms with van der Waals surface area (Å²) in [6.45, 7) is -0.893. The van der Waals surface area contributed by atoms with Gasteiger partial charge in [-0.15, -0.1) is 0 Å². The maximum Gasteiger partial charge on any atom is 0.326 e. The number of aromatic nitrogens is 3. The molecule has 0 fully saturated rings. The molecule has 9 heteroatoms. The molecule has 0 atom stereocenters. The first-order chi connectivity index (χ1) is 16.9. The molecule has 0 aliphatic carbocycles. The van der Waals surface area contributed by atoms with Crippen LogP contribution in [0.2, 0.25) is 0 Å². The fourth-order valence-corrected chi connectivity index (χ4v) is 4.21. The van der Waals surface area contributed by atoms with Crippen LogP contribution in [0.4, 0.5) is 0 Å². The van der Waals surface area contributed by atoms with Gasteiger partial charge in [0.1, 0.15) is 19.7 Å². The Kier molecular flexibility index (Phi) is 5.58. The van der Waals surface area contributed by atoms with E-state index in [1.807, 2.05) is 0 Å². The summed E-state index contributed by atoms with van der Waals surface area (Å²) in [6.07, 6.45) is 0. The quantitative estimate of drug-likeness (QED) is 0.300. The van der Waals surface area contributed by atoms with Gasteiger partial charge in [0.05, 0.1) is 21.9 Å². The predicted octanol–water partition coefficient (Wildman–Crippen LogP) is 2.09. The molecule has 0 unspecified atom stereocenters. The van der Waals surface area contributed by atoms with E-state index in [1.165, 1.54) is 0 Å². The number of benzene rings is 3. The molecule has 2 N–H and O–H groups in total. The maximum absolute atomic E-state index is 12.9. The summed E-state index contributed by atoms with van der Waals surface area (Å²) in [5.74, 6) is -1.21. The molecule has 0 saturated carbocycles. The fraction of sp³-hybridized carbons (Fsp3) is 0.115. The molecule has 0 aliphatic rings. The van der Waals surface area contributed by atoms with Gasteiger partial charge in [0.2, 0.25) is 5.91 Å². The summed E-state index contributed by atoms with van der Waals surface area (Å²) in [4.78, 5) is 54.7. The second kappa shape index (κ2) is 8.86. The summed E-state index contributed by atoms with van der Waals surface area (Å²) in [5.41, 5.74) is 6.38. The second-order valence-corrected chi connectivity index (χ2v) is 8.01. The van der Waals surface area contributed by atoms with E-state index in [0.29, 0.717) is 32.7 Å². The van der Waals surface area contributed by atoms with Gasteiger partial charge < -0.3 is 15.0 Å². The smallest absolute Gasteiger partial charge is 0.326 e. The van der Waals surface area contributed by atoms with Crippen LogP contribution in [0.3, 0.4) is 0 Å². The number of para-hydroxylation sites is 3. The second-order valence-electron chi connectivity index (χ2n) is 8.01. The highest BCUT2D eigenvalue weighted by molar-refractivity contribution is 5.94. The molecule has 1 amide bonds. The SMILES string of the molecule is NC(=O)Cn1c(COC(=O)Cn2c3ccccc3c(=O)c3ccccc32)nc2ccccc2c1=O. The first-order valence-electron chi connectivity index (χ1n) is 10.9.